The summed E-state index contributed by atoms with van der Waals surface area (Å²) in [4.78, 5) is 4.66. The maximum Gasteiger partial charge on any atom is 0.103 e. The number of nitrogens with zero attached hydrogens (tertiary/aromatic N) is 1. The molecule has 0 saturated carbocycles. The molecule has 0 spiro atoms. The van der Waals surface area contributed by atoms with Gasteiger partial charge in [0.2, 0.25) is 0 Å². The first-order chi connectivity index (χ1) is 9.86. The minimum Gasteiger partial charge on any atom is -0.392 e. The molecular formula is C17H15NOS. The van der Waals surface area contributed by atoms with Crippen LogP contribution in [0.2, 0.25) is 0 Å². The minimum absolute atomic E-state index is 0.0228. The van der Waals surface area contributed by atoms with E-state index < -0.39 is 0 Å². The van der Waals surface area contributed by atoms with E-state index in [-0.39, 0.29) is 6.61 Å². The highest BCUT2D eigenvalue weighted by molar-refractivity contribution is 7.98. The molecular weight excluding hydrogens is 266 g/mol. The Labute approximate surface area is 122 Å². The van der Waals surface area contributed by atoms with Crippen molar-refractivity contribution in [3.63, 3.8) is 0 Å². The molecule has 20 heavy (non-hydrogen) atoms. The van der Waals surface area contributed by atoms with E-state index in [4.69, 9.17) is 0 Å². The van der Waals surface area contributed by atoms with Crippen LogP contribution in [0.3, 0.4) is 0 Å². The van der Waals surface area contributed by atoms with Crippen LogP contribution < -0.4 is 0 Å². The molecule has 0 aliphatic rings. The number of pyridine rings is 1. The van der Waals surface area contributed by atoms with Crippen molar-refractivity contribution < 1.29 is 5.11 Å². The average Bonchev–Trinajstić information content (AvgIpc) is 2.53. The fraction of sp³-hybridized carbons (Fsp3) is 0.118. The first-order valence-corrected chi connectivity index (χ1v) is 7.51. The second-order valence-corrected chi connectivity index (χ2v) is 5.54. The lowest BCUT2D eigenvalue weighted by atomic mass is 10.2. The zero-order chi connectivity index (χ0) is 13.8. The maximum absolute atomic E-state index is 9.52. The highest BCUT2D eigenvalue weighted by Gasteiger charge is 2.07. The second-order valence-electron chi connectivity index (χ2n) is 4.58. The van der Waals surface area contributed by atoms with Crippen LogP contribution in [0.25, 0.3) is 10.9 Å². The summed E-state index contributed by atoms with van der Waals surface area (Å²) in [6.07, 6.45) is 0. The summed E-state index contributed by atoms with van der Waals surface area (Å²) in [5.74, 6) is 0.860. The van der Waals surface area contributed by atoms with Crippen LogP contribution in [0.5, 0.6) is 0 Å². The number of aliphatic hydroxyl groups excluding tert-OH is 1. The van der Waals surface area contributed by atoms with Crippen LogP contribution in [-0.2, 0) is 12.4 Å². The van der Waals surface area contributed by atoms with Gasteiger partial charge in [-0.1, -0.05) is 48.5 Å². The maximum atomic E-state index is 9.52. The highest BCUT2D eigenvalue weighted by atomic mass is 32.2. The van der Waals surface area contributed by atoms with Crippen molar-refractivity contribution in [2.24, 2.45) is 0 Å². The molecule has 1 N–H and O–H groups in total. The van der Waals surface area contributed by atoms with Gasteiger partial charge in [0.15, 0.2) is 0 Å². The molecule has 0 amide bonds. The van der Waals surface area contributed by atoms with Gasteiger partial charge in [-0.2, -0.15) is 0 Å². The predicted octanol–water partition coefficient (Wildman–Crippen LogP) is 4.02. The molecule has 0 unspecified atom stereocenters. The number of thioether (sulfide) groups is 1. The van der Waals surface area contributed by atoms with E-state index in [9.17, 15) is 5.11 Å². The van der Waals surface area contributed by atoms with Crippen LogP contribution in [0.1, 0.15) is 11.1 Å². The van der Waals surface area contributed by atoms with Crippen molar-refractivity contribution >= 4 is 22.7 Å². The van der Waals surface area contributed by atoms with E-state index in [2.05, 4.69) is 17.1 Å². The van der Waals surface area contributed by atoms with Crippen LogP contribution >= 0.6 is 11.8 Å². The summed E-state index contributed by atoms with van der Waals surface area (Å²) >= 11 is 1.67. The molecule has 2 nitrogen and oxygen atoms in total. The van der Waals surface area contributed by atoms with Gasteiger partial charge in [0.25, 0.3) is 0 Å². The number of aromatic nitrogens is 1. The number of aliphatic hydroxyl groups is 1. The molecule has 0 bridgehead atoms. The lowest BCUT2D eigenvalue weighted by molar-refractivity contribution is 0.278. The SMILES string of the molecule is OCc1cc2ccccc2nc1SCc1ccccc1. The number of fused-ring (bicyclic) bond motifs is 1. The predicted molar refractivity (Wildman–Crippen MR) is 83.7 cm³/mol. The molecule has 1 heterocycles. The van der Waals surface area contributed by atoms with Gasteiger partial charge in [0.05, 0.1) is 12.1 Å². The van der Waals surface area contributed by atoms with Gasteiger partial charge in [-0.05, 0) is 17.7 Å². The number of rotatable bonds is 4. The molecule has 1 aromatic heterocycles. The van der Waals surface area contributed by atoms with Crippen molar-refractivity contribution in [2.45, 2.75) is 17.4 Å². The van der Waals surface area contributed by atoms with E-state index >= 15 is 0 Å². The Hall–Kier alpha value is -1.84. The monoisotopic (exact) mass is 281 g/mol. The van der Waals surface area contributed by atoms with Crippen molar-refractivity contribution in [1.29, 1.82) is 0 Å². The quantitative estimate of drug-likeness (QED) is 0.733. The Bertz CT molecular complexity index is 713. The average molecular weight is 281 g/mol. The summed E-state index contributed by atoms with van der Waals surface area (Å²) < 4.78 is 0. The molecule has 0 aliphatic heterocycles. The Kier molecular flexibility index (Phi) is 4.00. The zero-order valence-electron chi connectivity index (χ0n) is 11.0. The largest absolute Gasteiger partial charge is 0.392 e. The molecule has 3 aromatic rings. The third kappa shape index (κ3) is 2.84. The summed E-state index contributed by atoms with van der Waals surface area (Å²) in [5, 5.41) is 11.5. The Balaban J connectivity index is 1.90. The van der Waals surface area contributed by atoms with Gasteiger partial charge in [-0.3, -0.25) is 0 Å². The second kappa shape index (κ2) is 6.07. The third-order valence-corrected chi connectivity index (χ3v) is 4.26. The Morgan fingerprint density at radius 2 is 1.70 bits per heavy atom. The molecule has 0 atom stereocenters. The van der Waals surface area contributed by atoms with E-state index in [0.29, 0.717) is 0 Å². The van der Waals surface area contributed by atoms with Gasteiger partial charge in [0.1, 0.15) is 5.03 Å². The smallest absolute Gasteiger partial charge is 0.103 e. The van der Waals surface area contributed by atoms with Crippen LogP contribution in [0.4, 0.5) is 0 Å². The van der Waals surface area contributed by atoms with Crippen molar-refractivity contribution in [1.82, 2.24) is 4.98 Å². The van der Waals surface area contributed by atoms with Crippen LogP contribution in [-0.4, -0.2) is 10.1 Å². The van der Waals surface area contributed by atoms with Gasteiger partial charge in [0, 0.05) is 16.7 Å². The fourth-order valence-corrected chi connectivity index (χ4v) is 3.07. The molecule has 2 aromatic carbocycles. The van der Waals surface area contributed by atoms with Crippen molar-refractivity contribution in [2.75, 3.05) is 0 Å². The molecule has 3 rings (SSSR count). The van der Waals surface area contributed by atoms with E-state index in [1.807, 2.05) is 48.5 Å². The summed E-state index contributed by atoms with van der Waals surface area (Å²) in [6.45, 7) is 0.0228. The molecule has 3 heteroatoms. The van der Waals surface area contributed by atoms with Crippen molar-refractivity contribution in [3.8, 4) is 0 Å². The molecule has 100 valence electrons. The number of hydrogen-bond donors (Lipinski definition) is 1. The first kappa shape index (κ1) is 13.2. The minimum atomic E-state index is 0.0228. The number of para-hydroxylation sites is 1. The standard InChI is InChI=1S/C17H15NOS/c19-11-15-10-14-8-4-5-9-16(14)18-17(15)20-12-13-6-2-1-3-7-13/h1-10,19H,11-12H2. The lowest BCUT2D eigenvalue weighted by Crippen LogP contribution is -1.93. The van der Waals surface area contributed by atoms with Crippen molar-refractivity contribution in [3.05, 3.63) is 71.8 Å². The topological polar surface area (TPSA) is 33.1 Å². The summed E-state index contributed by atoms with van der Waals surface area (Å²) in [5.41, 5.74) is 3.13. The van der Waals surface area contributed by atoms with Crippen LogP contribution in [0.15, 0.2) is 65.7 Å². The highest BCUT2D eigenvalue weighted by Crippen LogP contribution is 2.27. The first-order valence-electron chi connectivity index (χ1n) is 6.53. The molecule has 0 saturated heterocycles. The van der Waals surface area contributed by atoms with Gasteiger partial charge in [-0.25, -0.2) is 4.98 Å². The normalized spacial score (nSPS) is 10.8. The summed E-state index contributed by atoms with van der Waals surface area (Å²) in [6, 6.07) is 20.3. The van der Waals surface area contributed by atoms with Gasteiger partial charge < -0.3 is 5.11 Å². The van der Waals surface area contributed by atoms with Crippen LogP contribution in [0, 0.1) is 0 Å². The van der Waals surface area contributed by atoms with E-state index in [0.717, 1.165) is 27.2 Å². The molecule has 0 fully saturated rings. The lowest BCUT2D eigenvalue weighted by Gasteiger charge is -2.08. The number of hydrogen-bond acceptors (Lipinski definition) is 3. The molecule has 0 radical (unpaired) electrons. The summed E-state index contributed by atoms with van der Waals surface area (Å²) in [7, 11) is 0. The Morgan fingerprint density at radius 1 is 0.950 bits per heavy atom. The van der Waals surface area contributed by atoms with Gasteiger partial charge >= 0.3 is 0 Å². The van der Waals surface area contributed by atoms with E-state index in [1.54, 1.807) is 11.8 Å². The zero-order valence-corrected chi connectivity index (χ0v) is 11.8. The van der Waals surface area contributed by atoms with E-state index in [1.165, 1.54) is 5.56 Å². The fourth-order valence-electron chi connectivity index (χ4n) is 2.11. The van der Waals surface area contributed by atoms with Gasteiger partial charge in [-0.15, -0.1) is 11.8 Å². The molecule has 0 aliphatic carbocycles. The Morgan fingerprint density at radius 3 is 2.50 bits per heavy atom. The number of benzene rings is 2. The third-order valence-electron chi connectivity index (χ3n) is 3.15.